The molecular formula is C22H25ClN2O2. The summed E-state index contributed by atoms with van der Waals surface area (Å²) >= 11 is 6.35. The Morgan fingerprint density at radius 3 is 2.59 bits per heavy atom. The van der Waals surface area contributed by atoms with Gasteiger partial charge in [0.1, 0.15) is 0 Å². The fourth-order valence-electron chi connectivity index (χ4n) is 3.59. The van der Waals surface area contributed by atoms with E-state index in [0.29, 0.717) is 24.4 Å². The van der Waals surface area contributed by atoms with Crippen LogP contribution in [0.15, 0.2) is 36.4 Å². The number of carbonyl (C=O) groups excluding carboxylic acids is 2. The molecule has 1 aliphatic carbocycles. The van der Waals surface area contributed by atoms with Gasteiger partial charge in [-0.3, -0.25) is 9.59 Å². The molecule has 0 aliphatic heterocycles. The van der Waals surface area contributed by atoms with Crippen molar-refractivity contribution < 1.29 is 9.59 Å². The van der Waals surface area contributed by atoms with Gasteiger partial charge in [0.25, 0.3) is 0 Å². The normalized spacial score (nSPS) is 15.3. The van der Waals surface area contributed by atoms with Crippen LogP contribution in [-0.4, -0.2) is 17.9 Å². The van der Waals surface area contributed by atoms with Crippen LogP contribution < -0.4 is 10.6 Å². The highest BCUT2D eigenvalue weighted by molar-refractivity contribution is 6.31. The first-order valence-corrected chi connectivity index (χ1v) is 9.84. The van der Waals surface area contributed by atoms with Crippen LogP contribution in [-0.2, 0) is 29.0 Å². The molecule has 2 aromatic rings. The molecule has 2 N–H and O–H groups in total. The summed E-state index contributed by atoms with van der Waals surface area (Å²) in [5, 5.41) is 6.65. The maximum absolute atomic E-state index is 11.8. The van der Waals surface area contributed by atoms with E-state index in [-0.39, 0.29) is 17.9 Å². The molecule has 1 aliphatic rings. The summed E-state index contributed by atoms with van der Waals surface area (Å²) < 4.78 is 0. The van der Waals surface area contributed by atoms with Crippen LogP contribution in [0.1, 0.15) is 43.4 Å². The first-order valence-electron chi connectivity index (χ1n) is 9.46. The maximum Gasteiger partial charge on any atom is 0.219 e. The first-order chi connectivity index (χ1) is 13.0. The van der Waals surface area contributed by atoms with Crippen LogP contribution >= 0.6 is 11.6 Å². The van der Waals surface area contributed by atoms with E-state index in [1.807, 2.05) is 26.0 Å². The minimum absolute atomic E-state index is 0.0200. The average Bonchev–Trinajstić information content (AvgIpc) is 3.07. The second-order valence-electron chi connectivity index (χ2n) is 6.95. The second-order valence-corrected chi connectivity index (χ2v) is 7.38. The molecule has 2 aromatic carbocycles. The van der Waals surface area contributed by atoms with E-state index in [9.17, 15) is 9.59 Å². The molecule has 0 bridgehead atoms. The second kappa shape index (κ2) is 8.57. The van der Waals surface area contributed by atoms with Gasteiger partial charge in [-0.05, 0) is 58.9 Å². The SMILES string of the molecule is CCC(=O)NCc1cc(Cl)cc(-c2cccc3c2CC(NC(=O)CC)C3)c1. The standard InChI is InChI=1S/C22H25ClN2O2/c1-3-21(26)24-13-14-8-16(10-17(23)9-14)19-7-5-6-15-11-18(12-20(15)19)25-22(27)4-2/h5-10,18H,3-4,11-13H2,1-2H3,(H,24,26)(H,25,27). The fourth-order valence-corrected chi connectivity index (χ4v) is 3.84. The zero-order valence-corrected chi connectivity index (χ0v) is 16.5. The number of fused-ring (bicyclic) bond motifs is 1. The number of hydrogen-bond acceptors (Lipinski definition) is 2. The van der Waals surface area contributed by atoms with Crippen molar-refractivity contribution in [3.05, 3.63) is 58.1 Å². The molecule has 5 heteroatoms. The zero-order valence-electron chi connectivity index (χ0n) is 15.8. The number of halogens is 1. The van der Waals surface area contributed by atoms with Crippen LogP contribution in [0.2, 0.25) is 5.02 Å². The number of nitrogens with one attached hydrogen (secondary N) is 2. The van der Waals surface area contributed by atoms with E-state index in [0.717, 1.165) is 29.5 Å². The molecule has 2 amide bonds. The highest BCUT2D eigenvalue weighted by Crippen LogP contribution is 2.34. The first kappa shape index (κ1) is 19.4. The quantitative estimate of drug-likeness (QED) is 0.790. The van der Waals surface area contributed by atoms with E-state index < -0.39 is 0 Å². The Hall–Kier alpha value is -2.33. The van der Waals surface area contributed by atoms with E-state index in [1.54, 1.807) is 0 Å². The van der Waals surface area contributed by atoms with Gasteiger partial charge < -0.3 is 10.6 Å². The monoisotopic (exact) mass is 384 g/mol. The van der Waals surface area contributed by atoms with E-state index >= 15 is 0 Å². The lowest BCUT2D eigenvalue weighted by molar-refractivity contribution is -0.122. The van der Waals surface area contributed by atoms with Crippen molar-refractivity contribution in [1.82, 2.24) is 10.6 Å². The topological polar surface area (TPSA) is 58.2 Å². The lowest BCUT2D eigenvalue weighted by Gasteiger charge is -2.13. The smallest absolute Gasteiger partial charge is 0.219 e. The Balaban J connectivity index is 1.86. The molecule has 0 fully saturated rings. The van der Waals surface area contributed by atoms with E-state index in [4.69, 9.17) is 11.6 Å². The molecule has 0 radical (unpaired) electrons. The average molecular weight is 385 g/mol. The van der Waals surface area contributed by atoms with Gasteiger partial charge in [0.15, 0.2) is 0 Å². The van der Waals surface area contributed by atoms with Gasteiger partial charge in [-0.15, -0.1) is 0 Å². The predicted molar refractivity (Wildman–Crippen MR) is 109 cm³/mol. The summed E-state index contributed by atoms with van der Waals surface area (Å²) in [5.74, 6) is 0.109. The highest BCUT2D eigenvalue weighted by atomic mass is 35.5. The molecule has 1 atom stereocenters. The third-order valence-electron chi connectivity index (χ3n) is 4.96. The van der Waals surface area contributed by atoms with Crippen molar-refractivity contribution in [2.24, 2.45) is 0 Å². The number of benzene rings is 2. The van der Waals surface area contributed by atoms with Crippen LogP contribution in [0.4, 0.5) is 0 Å². The summed E-state index contributed by atoms with van der Waals surface area (Å²) in [4.78, 5) is 23.3. The predicted octanol–water partition coefficient (Wildman–Crippen LogP) is 4.03. The maximum atomic E-state index is 11.8. The van der Waals surface area contributed by atoms with Crippen molar-refractivity contribution >= 4 is 23.4 Å². The third-order valence-corrected chi connectivity index (χ3v) is 5.17. The van der Waals surface area contributed by atoms with Gasteiger partial charge in [-0.2, -0.15) is 0 Å². The molecule has 0 heterocycles. The van der Waals surface area contributed by atoms with Crippen LogP contribution in [0.3, 0.4) is 0 Å². The van der Waals surface area contributed by atoms with Gasteiger partial charge in [0, 0.05) is 30.5 Å². The summed E-state index contributed by atoms with van der Waals surface area (Å²) in [6.45, 7) is 4.16. The van der Waals surface area contributed by atoms with E-state index in [1.165, 1.54) is 11.1 Å². The van der Waals surface area contributed by atoms with Crippen molar-refractivity contribution in [2.75, 3.05) is 0 Å². The molecule has 0 spiro atoms. The number of hydrogen-bond donors (Lipinski definition) is 2. The zero-order chi connectivity index (χ0) is 19.4. The van der Waals surface area contributed by atoms with E-state index in [2.05, 4.69) is 34.9 Å². The Kier molecular flexibility index (Phi) is 6.17. The molecule has 27 heavy (non-hydrogen) atoms. The van der Waals surface area contributed by atoms with Crippen molar-refractivity contribution in [3.8, 4) is 11.1 Å². The largest absolute Gasteiger partial charge is 0.353 e. The summed E-state index contributed by atoms with van der Waals surface area (Å²) in [6.07, 6.45) is 2.64. The number of rotatable bonds is 6. The van der Waals surface area contributed by atoms with Crippen LogP contribution in [0.25, 0.3) is 11.1 Å². The van der Waals surface area contributed by atoms with Crippen molar-refractivity contribution in [1.29, 1.82) is 0 Å². The lowest BCUT2D eigenvalue weighted by Crippen LogP contribution is -2.34. The van der Waals surface area contributed by atoms with Crippen molar-refractivity contribution in [2.45, 2.75) is 52.1 Å². The molecule has 3 rings (SSSR count). The molecule has 0 saturated carbocycles. The number of carbonyl (C=O) groups is 2. The van der Waals surface area contributed by atoms with Gasteiger partial charge in [0.2, 0.25) is 11.8 Å². The summed E-state index contributed by atoms with van der Waals surface area (Å²) in [6, 6.07) is 12.4. The summed E-state index contributed by atoms with van der Waals surface area (Å²) in [7, 11) is 0. The Bertz CT molecular complexity index is 863. The van der Waals surface area contributed by atoms with Crippen LogP contribution in [0.5, 0.6) is 0 Å². The lowest BCUT2D eigenvalue weighted by atomic mass is 9.95. The molecular weight excluding hydrogens is 360 g/mol. The number of amides is 2. The molecule has 4 nitrogen and oxygen atoms in total. The molecule has 1 unspecified atom stereocenters. The minimum Gasteiger partial charge on any atom is -0.353 e. The Morgan fingerprint density at radius 2 is 1.85 bits per heavy atom. The third kappa shape index (κ3) is 4.69. The molecule has 142 valence electrons. The van der Waals surface area contributed by atoms with Gasteiger partial charge >= 0.3 is 0 Å². The Morgan fingerprint density at radius 1 is 1.07 bits per heavy atom. The highest BCUT2D eigenvalue weighted by Gasteiger charge is 2.25. The minimum atomic E-state index is 0.0200. The van der Waals surface area contributed by atoms with Gasteiger partial charge in [0.05, 0.1) is 0 Å². The summed E-state index contributed by atoms with van der Waals surface area (Å²) in [5.41, 5.74) is 5.71. The molecule has 0 saturated heterocycles. The van der Waals surface area contributed by atoms with Crippen LogP contribution in [0, 0.1) is 0 Å². The van der Waals surface area contributed by atoms with Gasteiger partial charge in [-0.25, -0.2) is 0 Å². The fraction of sp³-hybridized carbons (Fsp3) is 0.364. The van der Waals surface area contributed by atoms with Crippen molar-refractivity contribution in [3.63, 3.8) is 0 Å². The molecule has 0 aromatic heterocycles. The Labute approximate surface area is 165 Å². The van der Waals surface area contributed by atoms with Gasteiger partial charge in [-0.1, -0.05) is 43.6 Å².